The average molecular weight is 221 g/mol. The molecule has 0 fully saturated rings. The second-order valence-electron chi connectivity index (χ2n) is 3.82. The highest BCUT2D eigenvalue weighted by Crippen LogP contribution is 2.10. The van der Waals surface area contributed by atoms with E-state index in [4.69, 9.17) is 5.73 Å². The summed E-state index contributed by atoms with van der Waals surface area (Å²) in [6.45, 7) is 2.60. The van der Waals surface area contributed by atoms with Gasteiger partial charge >= 0.3 is 0 Å². The zero-order valence-corrected chi connectivity index (χ0v) is 9.65. The first-order valence-corrected chi connectivity index (χ1v) is 5.63. The van der Waals surface area contributed by atoms with Gasteiger partial charge in [0.1, 0.15) is 0 Å². The van der Waals surface area contributed by atoms with Gasteiger partial charge in [-0.25, -0.2) is 0 Å². The molecule has 0 radical (unpaired) electrons. The predicted molar refractivity (Wildman–Crippen MR) is 63.7 cm³/mol. The monoisotopic (exact) mass is 221 g/mol. The van der Waals surface area contributed by atoms with Crippen molar-refractivity contribution in [2.75, 3.05) is 6.54 Å². The van der Waals surface area contributed by atoms with Gasteiger partial charge in [-0.1, -0.05) is 6.07 Å². The maximum atomic E-state index is 11.5. The lowest BCUT2D eigenvalue weighted by molar-refractivity contribution is -0.121. The topological polar surface area (TPSA) is 68.0 Å². The van der Waals surface area contributed by atoms with Gasteiger partial charge in [0.25, 0.3) is 0 Å². The lowest BCUT2D eigenvalue weighted by Gasteiger charge is -2.13. The van der Waals surface area contributed by atoms with Gasteiger partial charge in [-0.05, 0) is 37.9 Å². The van der Waals surface area contributed by atoms with Gasteiger partial charge in [0.2, 0.25) is 5.91 Å². The van der Waals surface area contributed by atoms with E-state index in [1.165, 1.54) is 0 Å². The van der Waals surface area contributed by atoms with Crippen molar-refractivity contribution in [3.05, 3.63) is 30.1 Å². The van der Waals surface area contributed by atoms with Crippen LogP contribution in [0.5, 0.6) is 0 Å². The zero-order chi connectivity index (χ0) is 11.8. The number of nitrogens with two attached hydrogens (primary N) is 1. The molecule has 0 aliphatic rings. The Bertz CT molecular complexity index is 313. The Morgan fingerprint density at radius 2 is 2.38 bits per heavy atom. The van der Waals surface area contributed by atoms with Crippen molar-refractivity contribution >= 4 is 5.91 Å². The Balaban J connectivity index is 2.34. The summed E-state index contributed by atoms with van der Waals surface area (Å²) in [5.74, 6) is 0.0739. The lowest BCUT2D eigenvalue weighted by atomic mass is 10.1. The summed E-state index contributed by atoms with van der Waals surface area (Å²) in [6, 6.07) is 3.84. The van der Waals surface area contributed by atoms with E-state index >= 15 is 0 Å². The SMILES string of the molecule is C[C@@H](NC(=O)CCCCN)c1cccnc1. The van der Waals surface area contributed by atoms with Crippen LogP contribution >= 0.6 is 0 Å². The Morgan fingerprint density at radius 1 is 1.56 bits per heavy atom. The van der Waals surface area contributed by atoms with Crippen molar-refractivity contribution in [1.82, 2.24) is 10.3 Å². The maximum absolute atomic E-state index is 11.5. The number of hydrogen-bond acceptors (Lipinski definition) is 3. The molecule has 1 heterocycles. The summed E-state index contributed by atoms with van der Waals surface area (Å²) in [7, 11) is 0. The summed E-state index contributed by atoms with van der Waals surface area (Å²) < 4.78 is 0. The van der Waals surface area contributed by atoms with Gasteiger partial charge in [0, 0.05) is 18.8 Å². The fourth-order valence-electron chi connectivity index (χ4n) is 1.46. The Labute approximate surface area is 96.3 Å². The van der Waals surface area contributed by atoms with Gasteiger partial charge in [-0.3, -0.25) is 9.78 Å². The fourth-order valence-corrected chi connectivity index (χ4v) is 1.46. The van der Waals surface area contributed by atoms with Crippen molar-refractivity contribution in [3.63, 3.8) is 0 Å². The van der Waals surface area contributed by atoms with Crippen LogP contribution in [-0.2, 0) is 4.79 Å². The second kappa shape index (κ2) is 6.95. The molecular weight excluding hydrogens is 202 g/mol. The van der Waals surface area contributed by atoms with Crippen molar-refractivity contribution < 1.29 is 4.79 Å². The van der Waals surface area contributed by atoms with Crippen molar-refractivity contribution in [2.45, 2.75) is 32.2 Å². The van der Waals surface area contributed by atoms with E-state index in [1.54, 1.807) is 12.4 Å². The average Bonchev–Trinajstić information content (AvgIpc) is 2.30. The largest absolute Gasteiger partial charge is 0.350 e. The van der Waals surface area contributed by atoms with Crippen LogP contribution in [0.3, 0.4) is 0 Å². The van der Waals surface area contributed by atoms with E-state index < -0.39 is 0 Å². The summed E-state index contributed by atoms with van der Waals surface area (Å²) in [5.41, 5.74) is 6.39. The molecule has 3 N–H and O–H groups in total. The molecule has 1 rings (SSSR count). The minimum Gasteiger partial charge on any atom is -0.350 e. The molecule has 0 aromatic carbocycles. The molecule has 1 atom stereocenters. The lowest BCUT2D eigenvalue weighted by Crippen LogP contribution is -2.26. The van der Waals surface area contributed by atoms with Gasteiger partial charge < -0.3 is 11.1 Å². The molecular formula is C12H19N3O. The number of carbonyl (C=O) groups excluding carboxylic acids is 1. The third-order valence-corrected chi connectivity index (χ3v) is 2.42. The molecule has 0 aliphatic carbocycles. The van der Waals surface area contributed by atoms with Gasteiger partial charge in [0.15, 0.2) is 0 Å². The van der Waals surface area contributed by atoms with Gasteiger partial charge in [0.05, 0.1) is 6.04 Å². The minimum atomic E-state index is 0.0130. The summed E-state index contributed by atoms with van der Waals surface area (Å²) in [6.07, 6.45) is 5.78. The van der Waals surface area contributed by atoms with Crippen LogP contribution in [0, 0.1) is 0 Å². The molecule has 0 saturated heterocycles. The number of rotatable bonds is 6. The molecule has 0 aliphatic heterocycles. The van der Waals surface area contributed by atoms with Crippen LogP contribution in [0.25, 0.3) is 0 Å². The van der Waals surface area contributed by atoms with E-state index in [2.05, 4.69) is 10.3 Å². The third kappa shape index (κ3) is 4.40. The molecule has 4 nitrogen and oxygen atoms in total. The van der Waals surface area contributed by atoms with Crippen LogP contribution in [-0.4, -0.2) is 17.4 Å². The molecule has 88 valence electrons. The highest BCUT2D eigenvalue weighted by atomic mass is 16.1. The molecule has 1 aromatic rings. The molecule has 0 bridgehead atoms. The van der Waals surface area contributed by atoms with Crippen LogP contribution in [0.15, 0.2) is 24.5 Å². The van der Waals surface area contributed by atoms with Gasteiger partial charge in [-0.2, -0.15) is 0 Å². The first-order valence-electron chi connectivity index (χ1n) is 5.63. The number of amides is 1. The first kappa shape index (κ1) is 12.6. The number of pyridine rings is 1. The summed E-state index contributed by atoms with van der Waals surface area (Å²) >= 11 is 0. The van der Waals surface area contributed by atoms with Gasteiger partial charge in [-0.15, -0.1) is 0 Å². The fraction of sp³-hybridized carbons (Fsp3) is 0.500. The van der Waals surface area contributed by atoms with Crippen molar-refractivity contribution in [2.24, 2.45) is 5.73 Å². The zero-order valence-electron chi connectivity index (χ0n) is 9.65. The van der Waals surface area contributed by atoms with Crippen LogP contribution in [0.1, 0.15) is 37.8 Å². The number of unbranched alkanes of at least 4 members (excludes halogenated alkanes) is 1. The highest BCUT2D eigenvalue weighted by Gasteiger charge is 2.08. The first-order chi connectivity index (χ1) is 7.74. The van der Waals surface area contributed by atoms with Crippen molar-refractivity contribution in [3.8, 4) is 0 Å². The highest BCUT2D eigenvalue weighted by molar-refractivity contribution is 5.76. The number of nitrogens with zero attached hydrogens (tertiary/aromatic N) is 1. The third-order valence-electron chi connectivity index (χ3n) is 2.42. The number of nitrogens with one attached hydrogen (secondary N) is 1. The quantitative estimate of drug-likeness (QED) is 0.713. The maximum Gasteiger partial charge on any atom is 0.220 e. The Morgan fingerprint density at radius 3 is 3.00 bits per heavy atom. The van der Waals surface area contributed by atoms with E-state index in [1.807, 2.05) is 19.1 Å². The molecule has 1 amide bonds. The van der Waals surface area contributed by atoms with Crippen molar-refractivity contribution in [1.29, 1.82) is 0 Å². The molecule has 4 heteroatoms. The predicted octanol–water partition coefficient (Wildman–Crippen LogP) is 1.39. The Hall–Kier alpha value is -1.42. The van der Waals surface area contributed by atoms with E-state index in [-0.39, 0.29) is 11.9 Å². The van der Waals surface area contributed by atoms with E-state index in [0.29, 0.717) is 13.0 Å². The number of hydrogen-bond donors (Lipinski definition) is 2. The van der Waals surface area contributed by atoms with Crippen LogP contribution < -0.4 is 11.1 Å². The normalized spacial score (nSPS) is 12.1. The summed E-state index contributed by atoms with van der Waals surface area (Å²) in [5, 5.41) is 2.94. The second-order valence-corrected chi connectivity index (χ2v) is 3.82. The molecule has 0 unspecified atom stereocenters. The molecule has 16 heavy (non-hydrogen) atoms. The van der Waals surface area contributed by atoms with E-state index in [9.17, 15) is 4.79 Å². The molecule has 0 spiro atoms. The minimum absolute atomic E-state index is 0.0130. The smallest absolute Gasteiger partial charge is 0.220 e. The molecule has 1 aromatic heterocycles. The van der Waals surface area contributed by atoms with Crippen LogP contribution in [0.4, 0.5) is 0 Å². The standard InChI is InChI=1S/C12H19N3O/c1-10(11-5-4-8-14-9-11)15-12(16)6-2-3-7-13/h4-5,8-10H,2-3,6-7,13H2,1H3,(H,15,16)/t10-/m1/s1. The Kier molecular flexibility index (Phi) is 5.50. The number of aromatic nitrogens is 1. The van der Waals surface area contributed by atoms with E-state index in [0.717, 1.165) is 18.4 Å². The number of carbonyl (C=O) groups is 1. The van der Waals surface area contributed by atoms with Crippen LogP contribution in [0.2, 0.25) is 0 Å². The summed E-state index contributed by atoms with van der Waals surface area (Å²) in [4.78, 5) is 15.5. The molecule has 0 saturated carbocycles.